The summed E-state index contributed by atoms with van der Waals surface area (Å²) in [6.07, 6.45) is 2.15. The molecule has 0 radical (unpaired) electrons. The van der Waals surface area contributed by atoms with E-state index < -0.39 is 15.9 Å². The summed E-state index contributed by atoms with van der Waals surface area (Å²) in [6.45, 7) is 10.7. The van der Waals surface area contributed by atoms with Gasteiger partial charge in [-0.15, -0.1) is 6.58 Å². The van der Waals surface area contributed by atoms with Crippen LogP contribution in [-0.4, -0.2) is 14.3 Å². The third kappa shape index (κ3) is 3.48. The van der Waals surface area contributed by atoms with Gasteiger partial charge >= 0.3 is 0 Å². The zero-order valence-corrected chi connectivity index (χ0v) is 13.2. The molecule has 0 saturated heterocycles. The molecule has 0 aliphatic heterocycles. The van der Waals surface area contributed by atoms with E-state index in [4.69, 9.17) is 0 Å². The van der Waals surface area contributed by atoms with Gasteiger partial charge in [-0.25, -0.2) is 13.1 Å². The van der Waals surface area contributed by atoms with E-state index in [0.717, 1.165) is 11.1 Å². The number of allylic oxidation sites excluding steroid dienone is 1. The van der Waals surface area contributed by atoms with Crippen molar-refractivity contribution in [3.8, 4) is 0 Å². The van der Waals surface area contributed by atoms with Crippen molar-refractivity contribution in [1.29, 1.82) is 0 Å². The van der Waals surface area contributed by atoms with Crippen LogP contribution >= 0.6 is 0 Å². The molecule has 0 atom stereocenters. The Bertz CT molecular complexity index is 619. The van der Waals surface area contributed by atoms with E-state index in [1.807, 2.05) is 19.9 Å². The van der Waals surface area contributed by atoms with Crippen molar-refractivity contribution in [1.82, 2.24) is 4.72 Å². The fraction of sp³-hybridized carbons (Fsp3) is 0.400. The third-order valence-electron chi connectivity index (χ3n) is 3.39. The molecule has 0 spiro atoms. The number of aryl methyl sites for hydroxylation is 2. The molecule has 1 N–H and O–H groups in total. The number of amides is 1. The second kappa shape index (κ2) is 6.22. The summed E-state index contributed by atoms with van der Waals surface area (Å²) in [7, 11) is -3.83. The van der Waals surface area contributed by atoms with Gasteiger partial charge in [-0.2, -0.15) is 0 Å². The molecule has 1 aromatic carbocycles. The normalized spacial score (nSPS) is 11.2. The molecular formula is C15H21NO3S. The number of nitrogens with one attached hydrogen (secondary N) is 1. The summed E-state index contributed by atoms with van der Waals surface area (Å²) >= 11 is 0. The van der Waals surface area contributed by atoms with Crippen LogP contribution < -0.4 is 4.72 Å². The van der Waals surface area contributed by atoms with Crippen molar-refractivity contribution < 1.29 is 13.2 Å². The molecule has 1 rings (SSSR count). The van der Waals surface area contributed by atoms with Crippen molar-refractivity contribution >= 4 is 15.9 Å². The average molecular weight is 295 g/mol. The summed E-state index contributed by atoms with van der Waals surface area (Å²) in [5.41, 5.74) is 3.15. The van der Waals surface area contributed by atoms with E-state index in [0.29, 0.717) is 17.5 Å². The van der Waals surface area contributed by atoms with E-state index in [2.05, 4.69) is 11.3 Å². The molecule has 4 nitrogen and oxygen atoms in total. The summed E-state index contributed by atoms with van der Waals surface area (Å²) < 4.78 is 26.9. The minimum Gasteiger partial charge on any atom is -0.274 e. The summed E-state index contributed by atoms with van der Waals surface area (Å²) in [4.78, 5) is 11.9. The number of carbonyl (C=O) groups is 1. The van der Waals surface area contributed by atoms with Gasteiger partial charge in [-0.05, 0) is 56.4 Å². The smallest absolute Gasteiger partial charge is 0.264 e. The van der Waals surface area contributed by atoms with Crippen LogP contribution in [0.25, 0.3) is 0 Å². The van der Waals surface area contributed by atoms with Crippen LogP contribution in [0.2, 0.25) is 0 Å². The van der Waals surface area contributed by atoms with Crippen LogP contribution in [-0.2, 0) is 14.8 Å². The van der Waals surface area contributed by atoms with Gasteiger partial charge in [0, 0.05) is 6.42 Å². The minimum atomic E-state index is -3.83. The molecule has 0 unspecified atom stereocenters. The maximum absolute atomic E-state index is 12.4. The highest BCUT2D eigenvalue weighted by molar-refractivity contribution is 7.90. The molecule has 0 heterocycles. The largest absolute Gasteiger partial charge is 0.274 e. The quantitative estimate of drug-likeness (QED) is 0.849. The van der Waals surface area contributed by atoms with Gasteiger partial charge in [0.15, 0.2) is 0 Å². The lowest BCUT2D eigenvalue weighted by molar-refractivity contribution is -0.119. The van der Waals surface area contributed by atoms with Crippen LogP contribution in [0, 0.1) is 27.7 Å². The standard InChI is InChI=1S/C15H21NO3S/c1-6-7-8-14(17)16-20(18,19)15-12(4)10(2)9-11(3)13(15)5/h6,9H,1,7-8H2,2-5H3,(H,16,17). The fourth-order valence-corrected chi connectivity index (χ4v) is 3.70. The summed E-state index contributed by atoms with van der Waals surface area (Å²) in [5.74, 6) is -0.511. The van der Waals surface area contributed by atoms with E-state index >= 15 is 0 Å². The Balaban J connectivity index is 3.23. The topological polar surface area (TPSA) is 63.2 Å². The van der Waals surface area contributed by atoms with Gasteiger partial charge in [-0.3, -0.25) is 4.79 Å². The Kier molecular flexibility index (Phi) is 5.11. The van der Waals surface area contributed by atoms with Crippen LogP contribution in [0.15, 0.2) is 23.6 Å². The van der Waals surface area contributed by atoms with Crippen molar-refractivity contribution in [3.63, 3.8) is 0 Å². The first-order valence-electron chi connectivity index (χ1n) is 6.44. The maximum atomic E-state index is 12.4. The van der Waals surface area contributed by atoms with Gasteiger partial charge in [0.05, 0.1) is 4.90 Å². The number of benzene rings is 1. The predicted octanol–water partition coefficient (Wildman–Crippen LogP) is 2.69. The Morgan fingerprint density at radius 1 is 1.20 bits per heavy atom. The first-order chi connectivity index (χ1) is 9.20. The van der Waals surface area contributed by atoms with Crippen LogP contribution in [0.3, 0.4) is 0 Å². The first kappa shape index (κ1) is 16.4. The number of hydrogen-bond donors (Lipinski definition) is 1. The lowest BCUT2D eigenvalue weighted by Gasteiger charge is -2.16. The van der Waals surface area contributed by atoms with E-state index in [1.54, 1.807) is 19.9 Å². The molecule has 0 saturated carbocycles. The number of hydrogen-bond acceptors (Lipinski definition) is 3. The van der Waals surface area contributed by atoms with Gasteiger partial charge in [0.2, 0.25) is 5.91 Å². The van der Waals surface area contributed by atoms with Crippen molar-refractivity contribution in [2.45, 2.75) is 45.4 Å². The Hall–Kier alpha value is -1.62. The predicted molar refractivity (Wildman–Crippen MR) is 80.1 cm³/mol. The first-order valence-corrected chi connectivity index (χ1v) is 7.93. The molecule has 0 bridgehead atoms. The van der Waals surface area contributed by atoms with E-state index in [-0.39, 0.29) is 11.3 Å². The van der Waals surface area contributed by atoms with E-state index in [9.17, 15) is 13.2 Å². The lowest BCUT2D eigenvalue weighted by atomic mass is 10.0. The maximum Gasteiger partial charge on any atom is 0.264 e. The molecule has 0 aliphatic carbocycles. The third-order valence-corrected chi connectivity index (χ3v) is 5.04. The lowest BCUT2D eigenvalue weighted by Crippen LogP contribution is -2.31. The summed E-state index contributed by atoms with van der Waals surface area (Å²) in [5, 5.41) is 0. The van der Waals surface area contributed by atoms with Crippen molar-refractivity contribution in [2.24, 2.45) is 0 Å². The molecule has 1 aromatic rings. The van der Waals surface area contributed by atoms with Crippen LogP contribution in [0.5, 0.6) is 0 Å². The zero-order valence-electron chi connectivity index (χ0n) is 12.4. The van der Waals surface area contributed by atoms with Gasteiger partial charge in [-0.1, -0.05) is 12.1 Å². The molecule has 5 heteroatoms. The highest BCUT2D eigenvalue weighted by Crippen LogP contribution is 2.25. The highest BCUT2D eigenvalue weighted by Gasteiger charge is 2.23. The second-order valence-corrected chi connectivity index (χ2v) is 6.56. The van der Waals surface area contributed by atoms with Gasteiger partial charge < -0.3 is 0 Å². The SMILES string of the molecule is C=CCCC(=O)NS(=O)(=O)c1c(C)c(C)cc(C)c1C. The zero-order chi connectivity index (χ0) is 15.5. The average Bonchev–Trinajstić information content (AvgIpc) is 2.33. The molecule has 110 valence electrons. The van der Waals surface area contributed by atoms with Gasteiger partial charge in [0.25, 0.3) is 10.0 Å². The van der Waals surface area contributed by atoms with Crippen molar-refractivity contribution in [3.05, 3.63) is 41.0 Å². The van der Waals surface area contributed by atoms with E-state index in [1.165, 1.54) is 0 Å². The second-order valence-electron chi connectivity index (χ2n) is 4.95. The van der Waals surface area contributed by atoms with Gasteiger partial charge in [0.1, 0.15) is 0 Å². The Morgan fingerprint density at radius 3 is 2.15 bits per heavy atom. The minimum absolute atomic E-state index is 0.117. The molecule has 0 aromatic heterocycles. The number of carbonyl (C=O) groups excluding carboxylic acids is 1. The molecule has 1 amide bonds. The Labute approximate surface area is 120 Å². The van der Waals surface area contributed by atoms with Crippen LogP contribution in [0.4, 0.5) is 0 Å². The number of rotatable bonds is 5. The van der Waals surface area contributed by atoms with Crippen molar-refractivity contribution in [2.75, 3.05) is 0 Å². The summed E-state index contributed by atoms with van der Waals surface area (Å²) in [6, 6.07) is 1.95. The highest BCUT2D eigenvalue weighted by atomic mass is 32.2. The monoisotopic (exact) mass is 295 g/mol. The molecule has 0 aliphatic rings. The fourth-order valence-electron chi connectivity index (χ4n) is 2.07. The molecular weight excluding hydrogens is 274 g/mol. The number of sulfonamides is 1. The Morgan fingerprint density at radius 2 is 1.70 bits per heavy atom. The molecule has 20 heavy (non-hydrogen) atoms. The molecule has 0 fully saturated rings. The van der Waals surface area contributed by atoms with Crippen LogP contribution in [0.1, 0.15) is 35.1 Å².